The van der Waals surface area contributed by atoms with Crippen molar-refractivity contribution >= 4 is 17.3 Å². The Morgan fingerprint density at radius 3 is 2.96 bits per heavy atom. The van der Waals surface area contributed by atoms with Crippen LogP contribution in [0.3, 0.4) is 0 Å². The first-order chi connectivity index (χ1) is 13.7. The molecule has 3 aliphatic heterocycles. The van der Waals surface area contributed by atoms with E-state index in [0.29, 0.717) is 18.5 Å². The molecule has 6 heteroatoms. The predicted octanol–water partition coefficient (Wildman–Crippen LogP) is 2.53. The van der Waals surface area contributed by atoms with E-state index in [9.17, 15) is 9.90 Å². The molecule has 1 fully saturated rings. The quantitative estimate of drug-likeness (QED) is 0.837. The van der Waals surface area contributed by atoms with Crippen LogP contribution in [0.2, 0.25) is 0 Å². The molecule has 146 valence electrons. The van der Waals surface area contributed by atoms with Gasteiger partial charge in [-0.3, -0.25) is 9.78 Å². The molecule has 0 unspecified atom stereocenters. The number of likely N-dealkylation sites (tertiary alicyclic amines) is 1. The summed E-state index contributed by atoms with van der Waals surface area (Å²) in [5, 5.41) is 13.4. The molecule has 0 saturated carbocycles. The highest BCUT2D eigenvalue weighted by atomic mass is 16.3. The Morgan fingerprint density at radius 2 is 2.11 bits per heavy atom. The summed E-state index contributed by atoms with van der Waals surface area (Å²) in [4.78, 5) is 21.0. The van der Waals surface area contributed by atoms with E-state index in [-0.39, 0.29) is 5.91 Å². The monoisotopic (exact) mass is 378 g/mol. The molecule has 0 aliphatic carbocycles. The van der Waals surface area contributed by atoms with E-state index in [4.69, 9.17) is 0 Å². The average Bonchev–Trinajstić information content (AvgIpc) is 3.03. The van der Waals surface area contributed by atoms with Crippen LogP contribution in [0.15, 0.2) is 42.7 Å². The topological polar surface area (TPSA) is 68.7 Å². The fraction of sp³-hybridized carbons (Fsp3) is 0.455. The minimum atomic E-state index is -0.419. The van der Waals surface area contributed by atoms with E-state index in [2.05, 4.69) is 32.2 Å². The van der Waals surface area contributed by atoms with Gasteiger partial charge >= 0.3 is 0 Å². The van der Waals surface area contributed by atoms with Crippen LogP contribution >= 0.6 is 0 Å². The molecule has 0 radical (unpaired) electrons. The molecule has 5 rings (SSSR count). The third kappa shape index (κ3) is 3.06. The number of nitrogens with one attached hydrogen (secondary N) is 1. The number of hydrogen-bond acceptors (Lipinski definition) is 5. The van der Waals surface area contributed by atoms with Crippen molar-refractivity contribution in [3.8, 4) is 0 Å². The van der Waals surface area contributed by atoms with Crippen molar-refractivity contribution in [2.75, 3.05) is 36.4 Å². The molecule has 3 atom stereocenters. The number of amides is 1. The molecule has 3 aliphatic rings. The van der Waals surface area contributed by atoms with Gasteiger partial charge in [-0.15, -0.1) is 0 Å². The van der Waals surface area contributed by atoms with E-state index < -0.39 is 6.10 Å². The number of hydrogen-bond donors (Lipinski definition) is 2. The van der Waals surface area contributed by atoms with E-state index in [1.165, 1.54) is 11.3 Å². The molecule has 0 spiro atoms. The van der Waals surface area contributed by atoms with Gasteiger partial charge in [0.25, 0.3) is 0 Å². The van der Waals surface area contributed by atoms with Crippen molar-refractivity contribution in [3.05, 3.63) is 53.9 Å². The lowest BCUT2D eigenvalue weighted by Crippen LogP contribution is -2.49. The number of fused-ring (bicyclic) bond motifs is 3. The first-order valence-electron chi connectivity index (χ1n) is 10.2. The van der Waals surface area contributed by atoms with Gasteiger partial charge in [-0.25, -0.2) is 0 Å². The highest BCUT2D eigenvalue weighted by Crippen LogP contribution is 2.49. The van der Waals surface area contributed by atoms with Crippen molar-refractivity contribution in [2.24, 2.45) is 0 Å². The number of anilines is 2. The van der Waals surface area contributed by atoms with Gasteiger partial charge in [-0.05, 0) is 55.1 Å². The Bertz CT molecular complexity index is 872. The lowest BCUT2D eigenvalue weighted by molar-refractivity contribution is -0.115. The summed E-state index contributed by atoms with van der Waals surface area (Å²) >= 11 is 0. The van der Waals surface area contributed by atoms with Gasteiger partial charge in [0, 0.05) is 37.4 Å². The van der Waals surface area contributed by atoms with E-state index in [0.717, 1.165) is 50.1 Å². The van der Waals surface area contributed by atoms with Gasteiger partial charge in [0.1, 0.15) is 0 Å². The van der Waals surface area contributed by atoms with Gasteiger partial charge < -0.3 is 20.2 Å². The van der Waals surface area contributed by atoms with Crippen LogP contribution in [-0.2, 0) is 4.79 Å². The summed E-state index contributed by atoms with van der Waals surface area (Å²) in [5.41, 5.74) is 4.53. The second kappa shape index (κ2) is 7.18. The standard InChI is InChI=1S/C22H26N4O2/c27-20(15-6-9-23-10-7-15)5-2-11-25-12-8-19-17(13-25)16-3-1-4-18-22(16)26(19)14-21(28)24-18/h1,3-4,6-7,9-10,17,19-20,27H,2,5,8,11-14H2,(H,24,28)/t17-,19-,20+/m0/s1. The minimum absolute atomic E-state index is 0.0952. The first kappa shape index (κ1) is 17.6. The molecule has 2 N–H and O–H groups in total. The maximum Gasteiger partial charge on any atom is 0.243 e. The zero-order valence-electron chi connectivity index (χ0n) is 15.9. The normalized spacial score (nSPS) is 24.5. The van der Waals surface area contributed by atoms with E-state index in [1.807, 2.05) is 18.2 Å². The summed E-state index contributed by atoms with van der Waals surface area (Å²) < 4.78 is 0. The third-order valence-electron chi connectivity index (χ3n) is 6.45. The van der Waals surface area contributed by atoms with Gasteiger partial charge in [-0.1, -0.05) is 12.1 Å². The average molecular weight is 378 g/mol. The van der Waals surface area contributed by atoms with Crippen molar-refractivity contribution in [1.82, 2.24) is 9.88 Å². The lowest BCUT2D eigenvalue weighted by Gasteiger charge is -2.39. The van der Waals surface area contributed by atoms with Gasteiger partial charge in [0.2, 0.25) is 5.91 Å². The molecule has 6 nitrogen and oxygen atoms in total. The number of piperidine rings is 1. The molecule has 1 aromatic heterocycles. The maximum atomic E-state index is 12.1. The largest absolute Gasteiger partial charge is 0.388 e. The number of aromatic nitrogens is 1. The smallest absolute Gasteiger partial charge is 0.243 e. The third-order valence-corrected chi connectivity index (χ3v) is 6.45. The first-order valence-corrected chi connectivity index (χ1v) is 10.2. The van der Waals surface area contributed by atoms with Crippen LogP contribution < -0.4 is 10.2 Å². The van der Waals surface area contributed by atoms with Crippen molar-refractivity contribution < 1.29 is 9.90 Å². The Hall–Kier alpha value is -2.44. The number of aliphatic hydroxyl groups is 1. The zero-order valence-corrected chi connectivity index (χ0v) is 15.9. The van der Waals surface area contributed by atoms with Crippen LogP contribution in [0, 0.1) is 0 Å². The van der Waals surface area contributed by atoms with Crippen molar-refractivity contribution in [3.63, 3.8) is 0 Å². The highest BCUT2D eigenvalue weighted by molar-refractivity contribution is 6.03. The van der Waals surface area contributed by atoms with Crippen LogP contribution in [0.5, 0.6) is 0 Å². The summed E-state index contributed by atoms with van der Waals surface area (Å²) in [5.74, 6) is 0.555. The molecule has 2 aromatic rings. The van der Waals surface area contributed by atoms with Crippen molar-refractivity contribution in [1.29, 1.82) is 0 Å². The summed E-state index contributed by atoms with van der Waals surface area (Å²) in [6.07, 6.45) is 5.85. The fourth-order valence-electron chi connectivity index (χ4n) is 5.14. The Kier molecular flexibility index (Phi) is 4.53. The zero-order chi connectivity index (χ0) is 19.1. The maximum absolute atomic E-state index is 12.1. The number of benzene rings is 1. The Balaban J connectivity index is 1.23. The van der Waals surface area contributed by atoms with Crippen LogP contribution in [0.1, 0.15) is 42.4 Å². The SMILES string of the molecule is O=C1CN2c3c(cccc3[C@@H]3CN(CCC[C@@H](O)c4ccncc4)CC[C@@H]32)N1. The number of aliphatic hydroxyl groups excluding tert-OH is 1. The van der Waals surface area contributed by atoms with Gasteiger partial charge in [0.05, 0.1) is 24.0 Å². The molecular formula is C22H26N4O2. The second-order valence-corrected chi connectivity index (χ2v) is 8.12. The number of rotatable bonds is 5. The van der Waals surface area contributed by atoms with Gasteiger partial charge in [-0.2, -0.15) is 0 Å². The summed E-state index contributed by atoms with van der Waals surface area (Å²) in [6, 6.07) is 10.5. The molecule has 4 heterocycles. The number of nitrogens with zero attached hydrogens (tertiary/aromatic N) is 3. The second-order valence-electron chi connectivity index (χ2n) is 8.12. The molecule has 1 saturated heterocycles. The summed E-state index contributed by atoms with van der Waals surface area (Å²) in [6.45, 7) is 3.55. The Morgan fingerprint density at radius 1 is 1.25 bits per heavy atom. The summed E-state index contributed by atoms with van der Waals surface area (Å²) in [7, 11) is 0. The minimum Gasteiger partial charge on any atom is -0.388 e. The molecule has 0 bridgehead atoms. The van der Waals surface area contributed by atoms with E-state index >= 15 is 0 Å². The lowest BCUT2D eigenvalue weighted by atomic mass is 9.89. The molecule has 28 heavy (non-hydrogen) atoms. The Labute approximate surface area is 165 Å². The number of carbonyl (C=O) groups excluding carboxylic acids is 1. The fourth-order valence-corrected chi connectivity index (χ4v) is 5.14. The number of para-hydroxylation sites is 1. The van der Waals surface area contributed by atoms with Crippen LogP contribution in [-0.4, -0.2) is 53.1 Å². The van der Waals surface area contributed by atoms with Crippen molar-refractivity contribution in [2.45, 2.75) is 37.3 Å². The highest BCUT2D eigenvalue weighted by Gasteiger charge is 2.44. The molecule has 1 aromatic carbocycles. The molecular weight excluding hydrogens is 352 g/mol. The van der Waals surface area contributed by atoms with Crippen LogP contribution in [0.4, 0.5) is 11.4 Å². The number of pyridine rings is 1. The van der Waals surface area contributed by atoms with E-state index in [1.54, 1.807) is 12.4 Å². The number of carbonyl (C=O) groups is 1. The predicted molar refractivity (Wildman–Crippen MR) is 108 cm³/mol. The molecule has 1 amide bonds. The van der Waals surface area contributed by atoms with Gasteiger partial charge in [0.15, 0.2) is 0 Å². The van der Waals surface area contributed by atoms with Crippen LogP contribution in [0.25, 0.3) is 0 Å².